The van der Waals surface area contributed by atoms with E-state index in [1.54, 1.807) is 12.2 Å². The molecule has 0 radical (unpaired) electrons. The zero-order valence-electron chi connectivity index (χ0n) is 15.7. The van der Waals surface area contributed by atoms with Crippen molar-refractivity contribution in [3.8, 4) is 0 Å². The molecule has 0 aliphatic carbocycles. The molecule has 26 heavy (non-hydrogen) atoms. The van der Waals surface area contributed by atoms with Gasteiger partial charge in [-0.2, -0.15) is 0 Å². The predicted molar refractivity (Wildman–Crippen MR) is 99.8 cm³/mol. The number of carboxylic acids is 1. The molecule has 1 aliphatic heterocycles. The van der Waals surface area contributed by atoms with E-state index in [-0.39, 0.29) is 12.5 Å². The van der Waals surface area contributed by atoms with Crippen molar-refractivity contribution in [3.63, 3.8) is 0 Å². The van der Waals surface area contributed by atoms with Crippen LogP contribution in [0.15, 0.2) is 24.3 Å². The van der Waals surface area contributed by atoms with Crippen molar-refractivity contribution in [1.82, 2.24) is 0 Å². The molecule has 6 nitrogen and oxygen atoms in total. The van der Waals surface area contributed by atoms with Crippen molar-refractivity contribution in [3.05, 3.63) is 24.3 Å². The lowest BCUT2D eigenvalue weighted by molar-refractivity contribution is -0.137. The Labute approximate surface area is 156 Å². The quantitative estimate of drug-likeness (QED) is 0.293. The van der Waals surface area contributed by atoms with Crippen LogP contribution in [0.4, 0.5) is 0 Å². The predicted octanol–water partition coefficient (Wildman–Crippen LogP) is 2.56. The van der Waals surface area contributed by atoms with Crippen LogP contribution in [0.2, 0.25) is 0 Å². The Balaban J connectivity index is 2.29. The molecule has 0 bridgehead atoms. The average molecular weight is 370 g/mol. The molecule has 0 spiro atoms. The number of ether oxygens (including phenoxy) is 1. The van der Waals surface area contributed by atoms with E-state index in [1.165, 1.54) is 0 Å². The van der Waals surface area contributed by atoms with Gasteiger partial charge < -0.3 is 25.2 Å². The second-order valence-electron chi connectivity index (χ2n) is 6.95. The Morgan fingerprint density at radius 3 is 2.69 bits per heavy atom. The first kappa shape index (κ1) is 22.8. The van der Waals surface area contributed by atoms with Crippen LogP contribution in [0.5, 0.6) is 0 Å². The molecule has 1 rings (SSSR count). The highest BCUT2D eigenvalue weighted by Gasteiger charge is 2.36. The van der Waals surface area contributed by atoms with Crippen molar-refractivity contribution in [2.75, 3.05) is 0 Å². The summed E-state index contributed by atoms with van der Waals surface area (Å²) in [6.07, 6.45) is 10.2. The normalized spacial score (nSPS) is 25.9. The number of unbranched alkanes of at least 4 members (excludes halogenated alkanes) is 3. The number of aliphatic carboxylic acids is 1. The van der Waals surface area contributed by atoms with E-state index >= 15 is 0 Å². The van der Waals surface area contributed by atoms with Crippen molar-refractivity contribution in [2.45, 2.75) is 95.2 Å². The van der Waals surface area contributed by atoms with Crippen LogP contribution in [-0.4, -0.2) is 56.9 Å². The van der Waals surface area contributed by atoms with Gasteiger partial charge in [0.05, 0.1) is 24.4 Å². The number of aliphatic hydroxyl groups excluding tert-OH is 3. The van der Waals surface area contributed by atoms with Gasteiger partial charge in [0.1, 0.15) is 6.10 Å². The van der Waals surface area contributed by atoms with E-state index < -0.39 is 30.4 Å². The molecular weight excluding hydrogens is 336 g/mol. The summed E-state index contributed by atoms with van der Waals surface area (Å²) in [6, 6.07) is 0. The first-order valence-corrected chi connectivity index (χ1v) is 9.68. The number of aliphatic hydroxyl groups is 3. The molecule has 1 fully saturated rings. The third-order valence-corrected chi connectivity index (χ3v) is 4.55. The second-order valence-corrected chi connectivity index (χ2v) is 6.95. The maximum Gasteiger partial charge on any atom is 0.303 e. The summed E-state index contributed by atoms with van der Waals surface area (Å²) in [6.45, 7) is 2.11. The van der Waals surface area contributed by atoms with Gasteiger partial charge in [0.25, 0.3) is 0 Å². The van der Waals surface area contributed by atoms with E-state index in [9.17, 15) is 20.1 Å². The van der Waals surface area contributed by atoms with E-state index in [0.29, 0.717) is 32.1 Å². The molecule has 6 heteroatoms. The second kappa shape index (κ2) is 13.0. The molecule has 1 saturated heterocycles. The lowest BCUT2D eigenvalue weighted by Crippen LogP contribution is -2.26. The molecule has 0 aromatic carbocycles. The lowest BCUT2D eigenvalue weighted by atomic mass is 10.0. The standard InChI is InChI=1S/C20H34O6/c1-2-3-6-10-16(22)19-14-17(23)18(26-19)13-12-15(21)9-7-4-5-8-11-20(24)25/h4,7,12-13,15-19,21-23H,2-3,5-6,8-11,14H2,1H3,(H,24,25)/b7-4-,13-12+/t15-,16-,17-,18+,19-/m0/s1. The number of rotatable bonds is 13. The highest BCUT2D eigenvalue weighted by molar-refractivity contribution is 5.66. The maximum absolute atomic E-state index is 10.4. The van der Waals surface area contributed by atoms with Crippen LogP contribution in [0.25, 0.3) is 0 Å². The monoisotopic (exact) mass is 370 g/mol. The van der Waals surface area contributed by atoms with Gasteiger partial charge in [-0.05, 0) is 25.7 Å². The molecule has 5 atom stereocenters. The fourth-order valence-corrected chi connectivity index (χ4v) is 2.97. The molecule has 150 valence electrons. The summed E-state index contributed by atoms with van der Waals surface area (Å²) >= 11 is 0. The summed E-state index contributed by atoms with van der Waals surface area (Å²) in [4.78, 5) is 10.4. The molecule has 1 heterocycles. The molecule has 0 saturated carbocycles. The van der Waals surface area contributed by atoms with Gasteiger partial charge in [0.2, 0.25) is 0 Å². The topological polar surface area (TPSA) is 107 Å². The zero-order chi connectivity index (χ0) is 19.4. The van der Waals surface area contributed by atoms with Crippen LogP contribution < -0.4 is 0 Å². The van der Waals surface area contributed by atoms with Gasteiger partial charge in [0.15, 0.2) is 0 Å². The Morgan fingerprint density at radius 1 is 1.23 bits per heavy atom. The largest absolute Gasteiger partial charge is 0.481 e. The molecular formula is C20H34O6. The van der Waals surface area contributed by atoms with Crippen LogP contribution in [0, 0.1) is 0 Å². The van der Waals surface area contributed by atoms with Gasteiger partial charge in [-0.25, -0.2) is 0 Å². The number of carboxylic acid groups (broad SMARTS) is 1. The minimum absolute atomic E-state index is 0.148. The summed E-state index contributed by atoms with van der Waals surface area (Å²) in [5, 5.41) is 38.7. The first-order chi connectivity index (χ1) is 12.4. The fraction of sp³-hybridized carbons (Fsp3) is 0.750. The highest BCUT2D eigenvalue weighted by atomic mass is 16.5. The number of hydrogen-bond acceptors (Lipinski definition) is 5. The fourth-order valence-electron chi connectivity index (χ4n) is 2.97. The summed E-state index contributed by atoms with van der Waals surface area (Å²) in [5.41, 5.74) is 0. The number of carbonyl (C=O) groups is 1. The minimum Gasteiger partial charge on any atom is -0.481 e. The van der Waals surface area contributed by atoms with Gasteiger partial charge in [-0.15, -0.1) is 0 Å². The summed E-state index contributed by atoms with van der Waals surface area (Å²) < 4.78 is 5.73. The van der Waals surface area contributed by atoms with Crippen LogP contribution >= 0.6 is 0 Å². The lowest BCUT2D eigenvalue weighted by Gasteiger charge is -2.18. The van der Waals surface area contributed by atoms with Crippen molar-refractivity contribution in [1.29, 1.82) is 0 Å². The molecule has 1 aliphatic rings. The average Bonchev–Trinajstić information content (AvgIpc) is 2.97. The van der Waals surface area contributed by atoms with Crippen LogP contribution in [-0.2, 0) is 9.53 Å². The van der Waals surface area contributed by atoms with Crippen LogP contribution in [0.3, 0.4) is 0 Å². The van der Waals surface area contributed by atoms with Gasteiger partial charge >= 0.3 is 5.97 Å². The Kier molecular flexibility index (Phi) is 11.4. The van der Waals surface area contributed by atoms with Gasteiger partial charge in [-0.3, -0.25) is 4.79 Å². The van der Waals surface area contributed by atoms with E-state index in [4.69, 9.17) is 9.84 Å². The number of allylic oxidation sites excluding steroid dienone is 1. The Hall–Kier alpha value is -1.21. The van der Waals surface area contributed by atoms with Crippen LogP contribution in [0.1, 0.15) is 64.7 Å². The van der Waals surface area contributed by atoms with Gasteiger partial charge in [0, 0.05) is 12.8 Å². The summed E-state index contributed by atoms with van der Waals surface area (Å²) in [7, 11) is 0. The first-order valence-electron chi connectivity index (χ1n) is 9.68. The van der Waals surface area contributed by atoms with E-state index in [2.05, 4.69) is 6.92 Å². The highest BCUT2D eigenvalue weighted by Crippen LogP contribution is 2.26. The van der Waals surface area contributed by atoms with Gasteiger partial charge in [-0.1, -0.05) is 50.5 Å². The third-order valence-electron chi connectivity index (χ3n) is 4.55. The molecule has 0 amide bonds. The zero-order valence-corrected chi connectivity index (χ0v) is 15.7. The smallest absolute Gasteiger partial charge is 0.303 e. The van der Waals surface area contributed by atoms with Crippen molar-refractivity contribution in [2.24, 2.45) is 0 Å². The Morgan fingerprint density at radius 2 is 2.00 bits per heavy atom. The van der Waals surface area contributed by atoms with E-state index in [0.717, 1.165) is 19.3 Å². The minimum atomic E-state index is -0.801. The third kappa shape index (κ3) is 9.48. The van der Waals surface area contributed by atoms with Crippen molar-refractivity contribution >= 4 is 5.97 Å². The number of hydrogen-bond donors (Lipinski definition) is 4. The SMILES string of the molecule is CCCCC[C@H](O)[C@@H]1C[C@H](O)[C@@H](/C=C/[C@@H](O)C/C=C\CCCC(=O)O)O1. The maximum atomic E-state index is 10.4. The molecule has 0 aromatic rings. The van der Waals surface area contributed by atoms with Crippen molar-refractivity contribution < 1.29 is 30.0 Å². The molecule has 4 N–H and O–H groups in total. The Bertz CT molecular complexity index is 448. The molecule has 0 aromatic heterocycles. The summed E-state index contributed by atoms with van der Waals surface area (Å²) in [5.74, 6) is -0.801. The molecule has 0 unspecified atom stereocenters. The van der Waals surface area contributed by atoms with E-state index in [1.807, 2.05) is 12.2 Å².